The van der Waals surface area contributed by atoms with Crippen molar-refractivity contribution < 1.29 is 9.53 Å². The number of nitrogens with one attached hydrogen (secondary N) is 2. The molecule has 2 unspecified atom stereocenters. The topological polar surface area (TPSA) is 66.0 Å². The predicted molar refractivity (Wildman–Crippen MR) is 99.3 cm³/mol. The third kappa shape index (κ3) is 4.85. The summed E-state index contributed by atoms with van der Waals surface area (Å²) >= 11 is 0. The second kappa shape index (κ2) is 9.87. The van der Waals surface area contributed by atoms with Crippen molar-refractivity contribution in [2.45, 2.75) is 65.5 Å². The molecule has 0 aromatic rings. The van der Waals surface area contributed by atoms with Crippen LogP contribution < -0.4 is 10.6 Å². The van der Waals surface area contributed by atoms with Crippen LogP contribution in [0.25, 0.3) is 0 Å². The molecule has 140 valence electrons. The van der Waals surface area contributed by atoms with E-state index in [0.717, 1.165) is 44.8 Å². The number of carbonyl (C=O) groups is 1. The van der Waals surface area contributed by atoms with Crippen LogP contribution >= 0.6 is 0 Å². The van der Waals surface area contributed by atoms with Crippen molar-refractivity contribution in [1.82, 2.24) is 15.5 Å². The molecule has 1 amide bonds. The highest BCUT2D eigenvalue weighted by atomic mass is 16.5. The lowest BCUT2D eigenvalue weighted by atomic mass is 9.58. The quantitative estimate of drug-likeness (QED) is 0.498. The first kappa shape index (κ1) is 20.7. The molecule has 2 atom stereocenters. The largest absolute Gasteiger partial charge is 0.378 e. The lowest BCUT2D eigenvalue weighted by Gasteiger charge is -2.55. The van der Waals surface area contributed by atoms with E-state index in [1.165, 1.54) is 0 Å². The van der Waals surface area contributed by atoms with Crippen LogP contribution in [-0.4, -0.2) is 62.7 Å². The van der Waals surface area contributed by atoms with Crippen molar-refractivity contribution in [2.24, 2.45) is 10.4 Å². The number of rotatable bonds is 9. The molecule has 0 aromatic heterocycles. The molecule has 2 N–H and O–H groups in total. The van der Waals surface area contributed by atoms with E-state index in [4.69, 9.17) is 4.74 Å². The highest BCUT2D eigenvalue weighted by Crippen LogP contribution is 2.48. The molecule has 24 heavy (non-hydrogen) atoms. The second-order valence-corrected chi connectivity index (χ2v) is 6.70. The van der Waals surface area contributed by atoms with E-state index in [2.05, 4.69) is 43.3 Å². The summed E-state index contributed by atoms with van der Waals surface area (Å²) in [5.41, 5.74) is 0.149. The first-order chi connectivity index (χ1) is 11.4. The van der Waals surface area contributed by atoms with Crippen LogP contribution in [-0.2, 0) is 9.53 Å². The number of hydrogen-bond acceptors (Lipinski definition) is 3. The minimum absolute atomic E-state index is 0.00523. The molecule has 0 aliphatic heterocycles. The van der Waals surface area contributed by atoms with Crippen molar-refractivity contribution in [3.8, 4) is 0 Å². The van der Waals surface area contributed by atoms with Gasteiger partial charge in [-0.3, -0.25) is 4.79 Å². The van der Waals surface area contributed by atoms with Gasteiger partial charge in [-0.05, 0) is 32.6 Å². The molecule has 1 aliphatic carbocycles. The van der Waals surface area contributed by atoms with Crippen molar-refractivity contribution in [3.63, 3.8) is 0 Å². The molecule has 1 aliphatic rings. The van der Waals surface area contributed by atoms with Gasteiger partial charge >= 0.3 is 0 Å². The van der Waals surface area contributed by atoms with Crippen molar-refractivity contribution in [1.29, 1.82) is 0 Å². The predicted octanol–water partition coefficient (Wildman–Crippen LogP) is 2.00. The Labute approximate surface area is 147 Å². The van der Waals surface area contributed by atoms with E-state index in [1.807, 2.05) is 0 Å². The fourth-order valence-corrected chi connectivity index (χ4v) is 3.43. The standard InChI is InChI=1S/C18H36N4O2/c1-7-11-19-17(20-13-16(23)22(5)6)21-14-12-15(24-10-4)18(14,8-2)9-3/h14-15H,7-13H2,1-6H3,(H2,19,20,21). The average Bonchev–Trinajstić information content (AvgIpc) is 2.56. The van der Waals surface area contributed by atoms with E-state index < -0.39 is 0 Å². The Morgan fingerprint density at radius 3 is 2.42 bits per heavy atom. The van der Waals surface area contributed by atoms with Crippen LogP contribution in [0.5, 0.6) is 0 Å². The maximum Gasteiger partial charge on any atom is 0.243 e. The van der Waals surface area contributed by atoms with Gasteiger partial charge in [-0.15, -0.1) is 0 Å². The number of nitrogens with zero attached hydrogens (tertiary/aromatic N) is 2. The summed E-state index contributed by atoms with van der Waals surface area (Å²) in [5, 5.41) is 6.87. The normalized spacial score (nSPS) is 22.7. The fourth-order valence-electron chi connectivity index (χ4n) is 3.43. The summed E-state index contributed by atoms with van der Waals surface area (Å²) in [7, 11) is 3.50. The van der Waals surface area contributed by atoms with Crippen LogP contribution in [0.4, 0.5) is 0 Å². The number of amides is 1. The van der Waals surface area contributed by atoms with E-state index in [9.17, 15) is 4.79 Å². The number of hydrogen-bond donors (Lipinski definition) is 2. The minimum atomic E-state index is 0.00523. The van der Waals surface area contributed by atoms with Gasteiger partial charge in [-0.1, -0.05) is 20.8 Å². The molecule has 0 bridgehead atoms. The Kier molecular flexibility index (Phi) is 8.53. The summed E-state index contributed by atoms with van der Waals surface area (Å²) in [4.78, 5) is 17.8. The molecular weight excluding hydrogens is 304 g/mol. The summed E-state index contributed by atoms with van der Waals surface area (Å²) < 4.78 is 5.94. The highest BCUT2D eigenvalue weighted by Gasteiger charge is 2.53. The van der Waals surface area contributed by atoms with Crippen LogP contribution in [0.2, 0.25) is 0 Å². The highest BCUT2D eigenvalue weighted by molar-refractivity contribution is 5.85. The van der Waals surface area contributed by atoms with Gasteiger partial charge in [-0.25, -0.2) is 4.99 Å². The molecule has 6 heteroatoms. The maximum absolute atomic E-state index is 11.8. The van der Waals surface area contributed by atoms with Crippen LogP contribution in [0.15, 0.2) is 4.99 Å². The number of carbonyl (C=O) groups excluding carboxylic acids is 1. The zero-order valence-electron chi connectivity index (χ0n) is 16.3. The van der Waals surface area contributed by atoms with Gasteiger partial charge in [-0.2, -0.15) is 0 Å². The lowest BCUT2D eigenvalue weighted by molar-refractivity contribution is -0.133. The molecule has 6 nitrogen and oxygen atoms in total. The van der Waals surface area contributed by atoms with E-state index in [1.54, 1.807) is 19.0 Å². The molecule has 1 fully saturated rings. The first-order valence-corrected chi connectivity index (χ1v) is 9.31. The van der Waals surface area contributed by atoms with Gasteiger partial charge in [0.15, 0.2) is 5.96 Å². The molecule has 0 saturated heterocycles. The minimum Gasteiger partial charge on any atom is -0.378 e. The van der Waals surface area contributed by atoms with Crippen LogP contribution in [0, 0.1) is 5.41 Å². The smallest absolute Gasteiger partial charge is 0.243 e. The van der Waals surface area contributed by atoms with Gasteiger partial charge in [0.25, 0.3) is 0 Å². The molecule has 1 saturated carbocycles. The third-order valence-electron chi connectivity index (χ3n) is 5.19. The zero-order valence-corrected chi connectivity index (χ0v) is 16.3. The fraction of sp³-hybridized carbons (Fsp3) is 0.889. The van der Waals surface area contributed by atoms with E-state index in [0.29, 0.717) is 12.1 Å². The summed E-state index contributed by atoms with van der Waals surface area (Å²) in [6, 6.07) is 0.335. The SMILES string of the molecule is CCCNC(=NCC(=O)N(C)C)NC1CC(OCC)C1(CC)CC. The van der Waals surface area contributed by atoms with Crippen LogP contribution in [0.3, 0.4) is 0 Å². The number of guanidine groups is 1. The first-order valence-electron chi connectivity index (χ1n) is 9.31. The van der Waals surface area contributed by atoms with Crippen LogP contribution in [0.1, 0.15) is 53.4 Å². The number of ether oxygens (including phenoxy) is 1. The van der Waals surface area contributed by atoms with Gasteiger partial charge in [0.2, 0.25) is 5.91 Å². The Hall–Kier alpha value is -1.30. The third-order valence-corrected chi connectivity index (χ3v) is 5.19. The van der Waals surface area contributed by atoms with Crippen molar-refractivity contribution in [3.05, 3.63) is 0 Å². The van der Waals surface area contributed by atoms with Crippen molar-refractivity contribution in [2.75, 3.05) is 33.8 Å². The van der Waals surface area contributed by atoms with E-state index in [-0.39, 0.29) is 17.9 Å². The van der Waals surface area contributed by atoms with Crippen molar-refractivity contribution >= 4 is 11.9 Å². The molecule has 1 rings (SSSR count). The summed E-state index contributed by atoms with van der Waals surface area (Å²) in [6.45, 7) is 10.4. The maximum atomic E-state index is 11.8. The van der Waals surface area contributed by atoms with E-state index >= 15 is 0 Å². The average molecular weight is 341 g/mol. The zero-order chi connectivity index (χ0) is 18.2. The number of aliphatic imine (C=N–C) groups is 1. The number of likely N-dealkylation sites (N-methyl/N-ethyl adjacent to an activating group) is 1. The monoisotopic (exact) mass is 340 g/mol. The Morgan fingerprint density at radius 2 is 1.92 bits per heavy atom. The van der Waals surface area contributed by atoms with Gasteiger partial charge in [0.1, 0.15) is 6.54 Å². The Bertz CT molecular complexity index is 419. The molecular formula is C18H36N4O2. The molecule has 0 spiro atoms. The van der Waals surface area contributed by atoms with Gasteiger partial charge in [0.05, 0.1) is 6.10 Å². The second-order valence-electron chi connectivity index (χ2n) is 6.70. The summed E-state index contributed by atoms with van der Waals surface area (Å²) in [5.74, 6) is 0.740. The molecule has 0 radical (unpaired) electrons. The molecule has 0 heterocycles. The molecule has 0 aromatic carbocycles. The van der Waals surface area contributed by atoms with Gasteiger partial charge in [0, 0.05) is 38.7 Å². The van der Waals surface area contributed by atoms with Gasteiger partial charge < -0.3 is 20.3 Å². The lowest BCUT2D eigenvalue weighted by Crippen LogP contribution is -2.65. The Balaban J connectivity index is 2.78. The Morgan fingerprint density at radius 1 is 1.25 bits per heavy atom. The summed E-state index contributed by atoms with van der Waals surface area (Å²) in [6.07, 6.45) is 4.46.